The van der Waals surface area contributed by atoms with E-state index >= 15 is 0 Å². The van der Waals surface area contributed by atoms with E-state index in [9.17, 15) is 4.79 Å². The zero-order chi connectivity index (χ0) is 10.0. The summed E-state index contributed by atoms with van der Waals surface area (Å²) < 4.78 is 0.561. The number of hydrogen-bond donors (Lipinski definition) is 1. The maximum absolute atomic E-state index is 10.6. The molecule has 1 aromatic rings. The van der Waals surface area contributed by atoms with Crippen molar-refractivity contribution in [2.24, 2.45) is 0 Å². The van der Waals surface area contributed by atoms with Crippen LogP contribution in [0.4, 0.5) is 0 Å². The molecule has 13 heavy (non-hydrogen) atoms. The van der Waals surface area contributed by atoms with E-state index in [1.165, 1.54) is 0 Å². The minimum Gasteiger partial charge on any atom is -0.477 e. The highest BCUT2D eigenvalue weighted by molar-refractivity contribution is 7.18. The van der Waals surface area contributed by atoms with Crippen LogP contribution >= 0.6 is 22.9 Å². The van der Waals surface area contributed by atoms with E-state index in [1.54, 1.807) is 6.07 Å². The van der Waals surface area contributed by atoms with Crippen LogP contribution in [0.1, 0.15) is 15.2 Å². The van der Waals surface area contributed by atoms with E-state index < -0.39 is 5.97 Å². The van der Waals surface area contributed by atoms with Crippen LogP contribution < -0.4 is 0 Å². The molecule has 1 aromatic heterocycles. The molecule has 0 aliphatic rings. The summed E-state index contributed by atoms with van der Waals surface area (Å²) in [6.45, 7) is 0.669. The first kappa shape index (κ1) is 10.5. The number of hydrogen-bond acceptors (Lipinski definition) is 3. The summed E-state index contributed by atoms with van der Waals surface area (Å²) in [7, 11) is 3.82. The Balaban J connectivity index is 2.90. The van der Waals surface area contributed by atoms with Crippen molar-refractivity contribution in [1.82, 2.24) is 4.90 Å². The van der Waals surface area contributed by atoms with Crippen LogP contribution in [-0.2, 0) is 6.54 Å². The second kappa shape index (κ2) is 4.09. The lowest BCUT2D eigenvalue weighted by atomic mass is 10.3. The summed E-state index contributed by atoms with van der Waals surface area (Å²) in [5, 5.41) is 8.69. The number of carbonyl (C=O) groups is 1. The van der Waals surface area contributed by atoms with Gasteiger partial charge in [0.15, 0.2) is 0 Å². The SMILES string of the molecule is CN(C)Cc1cc(C(=O)O)sc1Cl. The summed E-state index contributed by atoms with van der Waals surface area (Å²) in [6.07, 6.45) is 0. The predicted octanol–water partition coefficient (Wildman–Crippen LogP) is 2.16. The van der Waals surface area contributed by atoms with E-state index in [-0.39, 0.29) is 0 Å². The van der Waals surface area contributed by atoms with Gasteiger partial charge in [0.1, 0.15) is 4.88 Å². The molecule has 1 rings (SSSR count). The second-order valence-electron chi connectivity index (χ2n) is 2.95. The fraction of sp³-hybridized carbons (Fsp3) is 0.375. The molecule has 1 heterocycles. The highest BCUT2D eigenvalue weighted by Gasteiger charge is 2.12. The van der Waals surface area contributed by atoms with E-state index in [1.807, 2.05) is 19.0 Å². The minimum atomic E-state index is -0.920. The Morgan fingerprint density at radius 3 is 2.69 bits per heavy atom. The van der Waals surface area contributed by atoms with Gasteiger partial charge in [-0.3, -0.25) is 0 Å². The first-order valence-corrected chi connectivity index (χ1v) is 4.86. The molecule has 0 aliphatic carbocycles. The Hall–Kier alpha value is -0.580. The molecule has 72 valence electrons. The molecule has 0 bridgehead atoms. The van der Waals surface area contributed by atoms with Gasteiger partial charge >= 0.3 is 5.97 Å². The molecular weight excluding hydrogens is 210 g/mol. The third-order valence-electron chi connectivity index (χ3n) is 1.45. The zero-order valence-corrected chi connectivity index (χ0v) is 8.95. The molecule has 1 N–H and O–H groups in total. The van der Waals surface area contributed by atoms with Gasteiger partial charge in [0, 0.05) is 6.54 Å². The van der Waals surface area contributed by atoms with E-state index in [0.717, 1.165) is 16.9 Å². The quantitative estimate of drug-likeness (QED) is 0.847. The summed E-state index contributed by atoms with van der Waals surface area (Å²) in [5.74, 6) is -0.920. The third kappa shape index (κ3) is 2.69. The number of aromatic carboxylic acids is 1. The van der Waals surface area contributed by atoms with Crippen LogP contribution in [0.15, 0.2) is 6.07 Å². The normalized spacial score (nSPS) is 10.8. The summed E-state index contributed by atoms with van der Waals surface area (Å²) in [4.78, 5) is 12.8. The molecule has 5 heteroatoms. The van der Waals surface area contributed by atoms with Crippen molar-refractivity contribution >= 4 is 28.9 Å². The molecule has 0 spiro atoms. The molecule has 0 atom stereocenters. The monoisotopic (exact) mass is 219 g/mol. The van der Waals surface area contributed by atoms with Crippen LogP contribution in [0.3, 0.4) is 0 Å². The topological polar surface area (TPSA) is 40.5 Å². The lowest BCUT2D eigenvalue weighted by Crippen LogP contribution is -2.10. The average Bonchev–Trinajstić information content (AvgIpc) is 2.31. The molecule has 0 fully saturated rings. The molecule has 0 amide bonds. The summed E-state index contributed by atoms with van der Waals surface area (Å²) in [5.41, 5.74) is 0.870. The van der Waals surface area contributed by atoms with Crippen LogP contribution in [-0.4, -0.2) is 30.1 Å². The predicted molar refractivity (Wildman–Crippen MR) is 53.7 cm³/mol. The minimum absolute atomic E-state index is 0.293. The molecule has 0 saturated carbocycles. The Kier molecular flexibility index (Phi) is 3.30. The molecule has 0 radical (unpaired) electrons. The smallest absolute Gasteiger partial charge is 0.345 e. The summed E-state index contributed by atoms with van der Waals surface area (Å²) in [6, 6.07) is 1.62. The Morgan fingerprint density at radius 1 is 1.69 bits per heavy atom. The number of carboxylic acid groups (broad SMARTS) is 1. The number of thiophene rings is 1. The van der Waals surface area contributed by atoms with Crippen LogP contribution in [0.5, 0.6) is 0 Å². The maximum Gasteiger partial charge on any atom is 0.345 e. The Labute approximate surface area is 85.6 Å². The average molecular weight is 220 g/mol. The third-order valence-corrected chi connectivity index (χ3v) is 2.88. The van der Waals surface area contributed by atoms with Gasteiger partial charge in [0.2, 0.25) is 0 Å². The van der Waals surface area contributed by atoms with E-state index in [2.05, 4.69) is 0 Å². The van der Waals surface area contributed by atoms with Gasteiger partial charge < -0.3 is 10.0 Å². The van der Waals surface area contributed by atoms with Gasteiger partial charge in [0.25, 0.3) is 0 Å². The van der Waals surface area contributed by atoms with Crippen LogP contribution in [0, 0.1) is 0 Å². The Bertz CT molecular complexity index is 322. The van der Waals surface area contributed by atoms with Gasteiger partial charge in [-0.25, -0.2) is 4.79 Å². The van der Waals surface area contributed by atoms with Crippen LogP contribution in [0.25, 0.3) is 0 Å². The van der Waals surface area contributed by atoms with Gasteiger partial charge in [-0.05, 0) is 25.7 Å². The van der Waals surface area contributed by atoms with Gasteiger partial charge in [-0.1, -0.05) is 11.6 Å². The fourth-order valence-electron chi connectivity index (χ4n) is 0.960. The van der Waals surface area contributed by atoms with Gasteiger partial charge in [-0.2, -0.15) is 0 Å². The van der Waals surface area contributed by atoms with Gasteiger partial charge in [-0.15, -0.1) is 11.3 Å². The highest BCUT2D eigenvalue weighted by atomic mass is 35.5. The van der Waals surface area contributed by atoms with Crippen molar-refractivity contribution in [2.45, 2.75) is 6.54 Å². The van der Waals surface area contributed by atoms with Crippen molar-refractivity contribution < 1.29 is 9.90 Å². The maximum atomic E-state index is 10.6. The molecular formula is C8H10ClNO2S. The fourth-order valence-corrected chi connectivity index (χ4v) is 2.06. The highest BCUT2D eigenvalue weighted by Crippen LogP contribution is 2.28. The van der Waals surface area contributed by atoms with E-state index in [0.29, 0.717) is 15.8 Å². The standard InChI is InChI=1S/C8H10ClNO2S/c1-10(2)4-5-3-6(8(11)12)13-7(5)9/h3H,4H2,1-2H3,(H,11,12). The van der Waals surface area contributed by atoms with Gasteiger partial charge in [0.05, 0.1) is 4.34 Å². The van der Waals surface area contributed by atoms with Crippen molar-refractivity contribution in [2.75, 3.05) is 14.1 Å². The molecule has 0 saturated heterocycles. The second-order valence-corrected chi connectivity index (χ2v) is 4.61. The molecule has 0 unspecified atom stereocenters. The van der Waals surface area contributed by atoms with Crippen LogP contribution in [0.2, 0.25) is 4.34 Å². The van der Waals surface area contributed by atoms with Crippen molar-refractivity contribution in [3.63, 3.8) is 0 Å². The first-order chi connectivity index (χ1) is 6.00. The zero-order valence-electron chi connectivity index (χ0n) is 7.37. The number of halogens is 1. The molecule has 0 aromatic carbocycles. The van der Waals surface area contributed by atoms with Crippen molar-refractivity contribution in [1.29, 1.82) is 0 Å². The lowest BCUT2D eigenvalue weighted by Gasteiger charge is -2.07. The molecule has 3 nitrogen and oxygen atoms in total. The van der Waals surface area contributed by atoms with Crippen molar-refractivity contribution in [3.05, 3.63) is 20.8 Å². The van der Waals surface area contributed by atoms with Crippen molar-refractivity contribution in [3.8, 4) is 0 Å². The lowest BCUT2D eigenvalue weighted by molar-refractivity contribution is 0.0702. The van der Waals surface area contributed by atoms with E-state index in [4.69, 9.17) is 16.7 Å². The molecule has 0 aliphatic heterocycles. The number of rotatable bonds is 3. The number of carboxylic acids is 1. The summed E-state index contributed by atoms with van der Waals surface area (Å²) >= 11 is 6.97. The first-order valence-electron chi connectivity index (χ1n) is 3.67. The largest absolute Gasteiger partial charge is 0.477 e. The number of nitrogens with zero attached hydrogens (tertiary/aromatic N) is 1. The Morgan fingerprint density at radius 2 is 2.31 bits per heavy atom.